The molecule has 88 valence electrons. The normalized spacial score (nSPS) is 12.0. The predicted octanol–water partition coefficient (Wildman–Crippen LogP) is 2.90. The number of ether oxygens (including phenoxy) is 1. The van der Waals surface area contributed by atoms with Gasteiger partial charge in [0.25, 0.3) is 5.91 Å². The molecule has 1 atom stereocenters. The summed E-state index contributed by atoms with van der Waals surface area (Å²) < 4.78 is 5.41. The third-order valence-corrected chi connectivity index (χ3v) is 2.31. The summed E-state index contributed by atoms with van der Waals surface area (Å²) in [6.07, 6.45) is -0.575. The Labute approximate surface area is 105 Å². The van der Waals surface area contributed by atoms with Gasteiger partial charge in [-0.1, -0.05) is 23.2 Å². The second-order valence-corrected chi connectivity index (χ2v) is 4.13. The average molecular weight is 262 g/mol. The van der Waals surface area contributed by atoms with Crippen LogP contribution in [0.5, 0.6) is 5.75 Å². The van der Waals surface area contributed by atoms with Gasteiger partial charge >= 0.3 is 0 Å². The average Bonchev–Trinajstić information content (AvgIpc) is 2.16. The van der Waals surface area contributed by atoms with Crippen molar-refractivity contribution in [1.29, 1.82) is 0 Å². The molecule has 1 amide bonds. The smallest absolute Gasteiger partial charge is 0.260 e. The molecule has 0 saturated carbocycles. The van der Waals surface area contributed by atoms with Crippen molar-refractivity contribution >= 4 is 29.1 Å². The summed E-state index contributed by atoms with van der Waals surface area (Å²) in [7, 11) is 0. The van der Waals surface area contributed by atoms with E-state index in [0.29, 0.717) is 22.3 Å². The van der Waals surface area contributed by atoms with E-state index < -0.39 is 6.10 Å². The zero-order valence-corrected chi connectivity index (χ0v) is 10.6. The lowest BCUT2D eigenvalue weighted by Crippen LogP contribution is -2.36. The van der Waals surface area contributed by atoms with E-state index >= 15 is 0 Å². The topological polar surface area (TPSA) is 38.3 Å². The van der Waals surface area contributed by atoms with Crippen LogP contribution in [0.25, 0.3) is 0 Å². The second-order valence-electron chi connectivity index (χ2n) is 3.26. The van der Waals surface area contributed by atoms with E-state index in [1.54, 1.807) is 25.1 Å². The zero-order chi connectivity index (χ0) is 12.1. The summed E-state index contributed by atoms with van der Waals surface area (Å²) in [6.45, 7) is 4.09. The lowest BCUT2D eigenvalue weighted by Gasteiger charge is -2.14. The molecule has 5 heteroatoms. The summed E-state index contributed by atoms with van der Waals surface area (Å²) in [5.74, 6) is 0.315. The first-order valence-electron chi connectivity index (χ1n) is 4.93. The Morgan fingerprint density at radius 3 is 2.44 bits per heavy atom. The van der Waals surface area contributed by atoms with Crippen molar-refractivity contribution in [2.45, 2.75) is 20.0 Å². The molecule has 0 fully saturated rings. The van der Waals surface area contributed by atoms with E-state index in [4.69, 9.17) is 27.9 Å². The van der Waals surface area contributed by atoms with Gasteiger partial charge in [0.1, 0.15) is 5.75 Å². The van der Waals surface area contributed by atoms with Crippen molar-refractivity contribution in [2.24, 2.45) is 0 Å². The summed E-state index contributed by atoms with van der Waals surface area (Å²) in [5, 5.41) is 3.62. The maximum Gasteiger partial charge on any atom is 0.260 e. The Morgan fingerprint density at radius 1 is 1.38 bits per heavy atom. The van der Waals surface area contributed by atoms with Crippen molar-refractivity contribution in [2.75, 3.05) is 6.54 Å². The number of carbonyl (C=O) groups is 1. The van der Waals surface area contributed by atoms with E-state index in [-0.39, 0.29) is 5.91 Å². The minimum atomic E-state index is -0.575. The molecule has 0 saturated heterocycles. The van der Waals surface area contributed by atoms with Crippen LogP contribution in [0.4, 0.5) is 0 Å². The lowest BCUT2D eigenvalue weighted by atomic mass is 10.3. The summed E-state index contributed by atoms with van der Waals surface area (Å²) in [4.78, 5) is 11.4. The SMILES string of the molecule is CCNC(=O)C(C)Oc1cc(Cl)cc(Cl)c1. The van der Waals surface area contributed by atoms with Gasteiger partial charge in [0.15, 0.2) is 6.10 Å². The van der Waals surface area contributed by atoms with Crippen LogP contribution in [0.1, 0.15) is 13.8 Å². The number of benzene rings is 1. The number of nitrogens with one attached hydrogen (secondary N) is 1. The first kappa shape index (κ1) is 13.1. The molecule has 0 aliphatic heterocycles. The molecular weight excluding hydrogens is 249 g/mol. The van der Waals surface area contributed by atoms with Gasteiger partial charge in [0.05, 0.1) is 0 Å². The van der Waals surface area contributed by atoms with Gasteiger partial charge in [-0.25, -0.2) is 0 Å². The lowest BCUT2D eigenvalue weighted by molar-refractivity contribution is -0.127. The quantitative estimate of drug-likeness (QED) is 0.906. The number of halogens is 2. The van der Waals surface area contributed by atoms with Gasteiger partial charge in [-0.05, 0) is 32.0 Å². The van der Waals surface area contributed by atoms with Crippen LogP contribution in [0.15, 0.2) is 18.2 Å². The van der Waals surface area contributed by atoms with Gasteiger partial charge in [-0.3, -0.25) is 4.79 Å². The maximum absolute atomic E-state index is 11.4. The fraction of sp³-hybridized carbons (Fsp3) is 0.364. The van der Waals surface area contributed by atoms with Gasteiger partial charge in [0, 0.05) is 16.6 Å². The molecule has 0 radical (unpaired) electrons. The van der Waals surface area contributed by atoms with E-state index in [1.165, 1.54) is 0 Å². The molecule has 1 aromatic rings. The van der Waals surface area contributed by atoms with Gasteiger partial charge in [-0.2, -0.15) is 0 Å². The largest absolute Gasteiger partial charge is 0.481 e. The molecule has 0 aliphatic carbocycles. The Hall–Kier alpha value is -0.930. The van der Waals surface area contributed by atoms with Crippen LogP contribution >= 0.6 is 23.2 Å². The third kappa shape index (κ3) is 3.91. The van der Waals surface area contributed by atoms with Crippen LogP contribution in [-0.4, -0.2) is 18.6 Å². The maximum atomic E-state index is 11.4. The molecular formula is C11H13Cl2NO2. The Kier molecular flexibility index (Phi) is 4.90. The number of rotatable bonds is 4. The van der Waals surface area contributed by atoms with Crippen molar-refractivity contribution in [3.05, 3.63) is 28.2 Å². The van der Waals surface area contributed by atoms with E-state index in [2.05, 4.69) is 5.32 Å². The number of hydrogen-bond donors (Lipinski definition) is 1. The molecule has 0 heterocycles. The predicted molar refractivity (Wildman–Crippen MR) is 65.2 cm³/mol. The number of likely N-dealkylation sites (N-methyl/N-ethyl adjacent to an activating group) is 1. The molecule has 1 unspecified atom stereocenters. The molecule has 0 bridgehead atoms. The Morgan fingerprint density at radius 2 is 1.94 bits per heavy atom. The first-order valence-corrected chi connectivity index (χ1v) is 5.69. The molecule has 3 nitrogen and oxygen atoms in total. The summed E-state index contributed by atoms with van der Waals surface area (Å²) >= 11 is 11.6. The number of hydrogen-bond acceptors (Lipinski definition) is 2. The third-order valence-electron chi connectivity index (χ3n) is 1.87. The second kappa shape index (κ2) is 5.97. The zero-order valence-electron chi connectivity index (χ0n) is 9.09. The van der Waals surface area contributed by atoms with Crippen LogP contribution < -0.4 is 10.1 Å². The van der Waals surface area contributed by atoms with Crippen molar-refractivity contribution < 1.29 is 9.53 Å². The van der Waals surface area contributed by atoms with Gasteiger partial charge in [-0.15, -0.1) is 0 Å². The molecule has 0 aliphatic rings. The minimum Gasteiger partial charge on any atom is -0.481 e. The molecule has 0 aromatic heterocycles. The van der Waals surface area contributed by atoms with Crippen molar-refractivity contribution in [1.82, 2.24) is 5.32 Å². The van der Waals surface area contributed by atoms with Gasteiger partial charge in [0.2, 0.25) is 0 Å². The first-order chi connectivity index (χ1) is 7.52. The van der Waals surface area contributed by atoms with E-state index in [1.807, 2.05) is 6.92 Å². The monoisotopic (exact) mass is 261 g/mol. The van der Waals surface area contributed by atoms with Crippen molar-refractivity contribution in [3.8, 4) is 5.75 Å². The molecule has 16 heavy (non-hydrogen) atoms. The molecule has 1 aromatic carbocycles. The van der Waals surface area contributed by atoms with Gasteiger partial charge < -0.3 is 10.1 Å². The molecule has 0 spiro atoms. The van der Waals surface area contributed by atoms with Crippen LogP contribution in [-0.2, 0) is 4.79 Å². The summed E-state index contributed by atoms with van der Waals surface area (Å²) in [5.41, 5.74) is 0. The fourth-order valence-electron chi connectivity index (χ4n) is 1.17. The number of amides is 1. The Balaban J connectivity index is 2.69. The van der Waals surface area contributed by atoms with Crippen LogP contribution in [0.2, 0.25) is 10.0 Å². The highest BCUT2D eigenvalue weighted by Crippen LogP contribution is 2.24. The van der Waals surface area contributed by atoms with Crippen molar-refractivity contribution in [3.63, 3.8) is 0 Å². The highest BCUT2D eigenvalue weighted by molar-refractivity contribution is 6.34. The van der Waals surface area contributed by atoms with E-state index in [0.717, 1.165) is 0 Å². The van der Waals surface area contributed by atoms with Crippen LogP contribution in [0.3, 0.4) is 0 Å². The standard InChI is InChI=1S/C11H13Cl2NO2/c1-3-14-11(15)7(2)16-10-5-8(12)4-9(13)6-10/h4-7H,3H2,1-2H3,(H,14,15). The highest BCUT2D eigenvalue weighted by Gasteiger charge is 2.13. The minimum absolute atomic E-state index is 0.168. The fourth-order valence-corrected chi connectivity index (χ4v) is 1.68. The molecule has 1 rings (SSSR count). The molecule has 1 N–H and O–H groups in total. The number of carbonyl (C=O) groups excluding carboxylic acids is 1. The van der Waals surface area contributed by atoms with E-state index in [9.17, 15) is 4.79 Å². The highest BCUT2D eigenvalue weighted by atomic mass is 35.5. The Bertz CT molecular complexity index is 362. The van der Waals surface area contributed by atoms with Crippen LogP contribution in [0, 0.1) is 0 Å². The summed E-state index contributed by atoms with van der Waals surface area (Å²) in [6, 6.07) is 4.83.